The number of halogens is 2. The Hall–Kier alpha value is -3.59. The third kappa shape index (κ3) is 3.44. The lowest BCUT2D eigenvalue weighted by Gasteiger charge is -2.14. The van der Waals surface area contributed by atoms with Crippen molar-refractivity contribution in [1.82, 2.24) is 24.1 Å². The molecule has 0 spiro atoms. The Balaban J connectivity index is 1.65. The number of hydrogen-bond acceptors (Lipinski definition) is 5. The highest BCUT2D eigenvalue weighted by Crippen LogP contribution is 2.29. The van der Waals surface area contributed by atoms with Crippen LogP contribution in [0.1, 0.15) is 17.9 Å². The smallest absolute Gasteiger partial charge is 0.269 e. The first-order valence-corrected chi connectivity index (χ1v) is 10.8. The van der Waals surface area contributed by atoms with E-state index < -0.39 is 6.55 Å². The highest BCUT2D eigenvalue weighted by molar-refractivity contribution is 7.98. The van der Waals surface area contributed by atoms with Crippen LogP contribution in [0.3, 0.4) is 0 Å². The molecule has 0 saturated heterocycles. The number of rotatable bonds is 5. The SMILES string of the molecule is Cc1cccnc1-n1c(SCc2nc3ccccc3n2C(F)F)nc2ccccc2c1=O. The first kappa shape index (κ1) is 20.3. The minimum Gasteiger partial charge on any atom is -0.269 e. The van der Waals surface area contributed by atoms with Gasteiger partial charge in [-0.25, -0.2) is 19.5 Å². The molecule has 0 aliphatic heterocycles. The number of pyridine rings is 1. The second-order valence-corrected chi connectivity index (χ2v) is 8.09. The zero-order chi connectivity index (χ0) is 22.2. The molecule has 0 radical (unpaired) electrons. The second kappa shape index (κ2) is 8.16. The number of thioether (sulfide) groups is 1. The summed E-state index contributed by atoms with van der Waals surface area (Å²) in [4.78, 5) is 26.8. The summed E-state index contributed by atoms with van der Waals surface area (Å²) in [5, 5.41) is 0.824. The molecule has 3 heterocycles. The van der Waals surface area contributed by atoms with Crippen LogP contribution in [0.25, 0.3) is 27.8 Å². The molecule has 0 bridgehead atoms. The van der Waals surface area contributed by atoms with Crippen LogP contribution in [-0.2, 0) is 5.75 Å². The Kier molecular flexibility index (Phi) is 5.18. The number of aromatic nitrogens is 5. The maximum atomic E-state index is 13.8. The van der Waals surface area contributed by atoms with Crippen molar-refractivity contribution in [1.29, 1.82) is 0 Å². The van der Waals surface area contributed by atoms with Crippen molar-refractivity contribution in [3.8, 4) is 5.82 Å². The number of nitrogens with zero attached hydrogens (tertiary/aromatic N) is 5. The van der Waals surface area contributed by atoms with Crippen molar-refractivity contribution < 1.29 is 8.78 Å². The van der Waals surface area contributed by atoms with Crippen LogP contribution in [0.5, 0.6) is 0 Å². The third-order valence-corrected chi connectivity index (χ3v) is 6.07. The number of para-hydroxylation sites is 3. The number of alkyl halides is 2. The average Bonchev–Trinajstić information content (AvgIpc) is 3.17. The Morgan fingerprint density at radius 1 is 0.969 bits per heavy atom. The fraction of sp³-hybridized carbons (Fsp3) is 0.130. The van der Waals surface area contributed by atoms with Crippen molar-refractivity contribution in [2.75, 3.05) is 0 Å². The van der Waals surface area contributed by atoms with E-state index in [0.717, 1.165) is 10.1 Å². The molecule has 0 N–H and O–H groups in total. The van der Waals surface area contributed by atoms with Gasteiger partial charge in [-0.3, -0.25) is 9.36 Å². The van der Waals surface area contributed by atoms with Gasteiger partial charge in [0.25, 0.3) is 5.56 Å². The number of hydrogen-bond donors (Lipinski definition) is 0. The van der Waals surface area contributed by atoms with E-state index in [0.29, 0.717) is 32.9 Å². The van der Waals surface area contributed by atoms with Crippen LogP contribution in [-0.4, -0.2) is 24.1 Å². The van der Waals surface area contributed by atoms with Crippen molar-refractivity contribution in [2.24, 2.45) is 0 Å². The van der Waals surface area contributed by atoms with Gasteiger partial charge in [0, 0.05) is 6.20 Å². The monoisotopic (exact) mass is 449 g/mol. The van der Waals surface area contributed by atoms with Crippen LogP contribution in [0.15, 0.2) is 76.8 Å². The fourth-order valence-corrected chi connectivity index (χ4v) is 4.57. The van der Waals surface area contributed by atoms with E-state index in [9.17, 15) is 13.6 Å². The van der Waals surface area contributed by atoms with Crippen LogP contribution in [0.4, 0.5) is 8.78 Å². The summed E-state index contributed by atoms with van der Waals surface area (Å²) >= 11 is 1.17. The molecule has 0 atom stereocenters. The van der Waals surface area contributed by atoms with Crippen molar-refractivity contribution in [2.45, 2.75) is 24.4 Å². The van der Waals surface area contributed by atoms with Gasteiger partial charge in [0.15, 0.2) is 5.16 Å². The van der Waals surface area contributed by atoms with E-state index in [1.54, 1.807) is 60.8 Å². The molecule has 160 valence electrons. The first-order chi connectivity index (χ1) is 15.5. The molecule has 3 aromatic heterocycles. The lowest BCUT2D eigenvalue weighted by Crippen LogP contribution is -2.23. The molecule has 5 rings (SSSR count). The minimum atomic E-state index is -2.73. The van der Waals surface area contributed by atoms with Gasteiger partial charge in [0.05, 0.1) is 27.7 Å². The summed E-state index contributed by atoms with van der Waals surface area (Å²) in [7, 11) is 0. The Labute approximate surface area is 185 Å². The van der Waals surface area contributed by atoms with Gasteiger partial charge < -0.3 is 0 Å². The lowest BCUT2D eigenvalue weighted by atomic mass is 10.2. The van der Waals surface area contributed by atoms with Crippen LogP contribution in [0, 0.1) is 6.92 Å². The van der Waals surface area contributed by atoms with Crippen molar-refractivity contribution in [3.63, 3.8) is 0 Å². The highest BCUT2D eigenvalue weighted by Gasteiger charge is 2.20. The maximum Gasteiger partial charge on any atom is 0.320 e. The largest absolute Gasteiger partial charge is 0.320 e. The minimum absolute atomic E-state index is 0.107. The van der Waals surface area contributed by atoms with Gasteiger partial charge >= 0.3 is 6.55 Å². The average molecular weight is 449 g/mol. The van der Waals surface area contributed by atoms with Gasteiger partial charge in [0.1, 0.15) is 11.6 Å². The zero-order valence-electron chi connectivity index (χ0n) is 16.9. The zero-order valence-corrected chi connectivity index (χ0v) is 17.8. The van der Waals surface area contributed by atoms with Gasteiger partial charge in [-0.1, -0.05) is 42.1 Å². The molecular formula is C23H17F2N5OS. The number of imidazole rings is 1. The van der Waals surface area contributed by atoms with E-state index in [1.165, 1.54) is 16.3 Å². The number of benzene rings is 2. The summed E-state index contributed by atoms with van der Waals surface area (Å²) in [5.74, 6) is 0.772. The van der Waals surface area contributed by atoms with E-state index in [4.69, 9.17) is 0 Å². The molecule has 0 aliphatic carbocycles. The van der Waals surface area contributed by atoms with Gasteiger partial charge in [0.2, 0.25) is 0 Å². The lowest BCUT2D eigenvalue weighted by molar-refractivity contribution is 0.0722. The molecule has 32 heavy (non-hydrogen) atoms. The Bertz CT molecular complexity index is 1510. The summed E-state index contributed by atoms with van der Waals surface area (Å²) in [5.41, 5.74) is 1.93. The molecule has 0 saturated carbocycles. The van der Waals surface area contributed by atoms with E-state index in [1.807, 2.05) is 13.0 Å². The van der Waals surface area contributed by atoms with E-state index in [2.05, 4.69) is 15.0 Å². The molecule has 0 unspecified atom stereocenters. The van der Waals surface area contributed by atoms with E-state index >= 15 is 0 Å². The topological polar surface area (TPSA) is 65.6 Å². The Morgan fingerprint density at radius 3 is 2.50 bits per heavy atom. The molecule has 6 nitrogen and oxygen atoms in total. The maximum absolute atomic E-state index is 13.8. The predicted octanol–water partition coefficient (Wildman–Crippen LogP) is 5.13. The van der Waals surface area contributed by atoms with Crippen LogP contribution >= 0.6 is 11.8 Å². The fourth-order valence-electron chi connectivity index (χ4n) is 3.65. The van der Waals surface area contributed by atoms with Gasteiger partial charge in [-0.15, -0.1) is 0 Å². The number of fused-ring (bicyclic) bond motifs is 2. The predicted molar refractivity (Wildman–Crippen MR) is 120 cm³/mol. The molecular weight excluding hydrogens is 432 g/mol. The summed E-state index contributed by atoms with van der Waals surface area (Å²) in [6.07, 6.45) is 1.61. The quantitative estimate of drug-likeness (QED) is 0.275. The van der Waals surface area contributed by atoms with Gasteiger partial charge in [-0.2, -0.15) is 8.78 Å². The summed E-state index contributed by atoms with van der Waals surface area (Å²) < 4.78 is 30.0. The third-order valence-electron chi connectivity index (χ3n) is 5.13. The summed E-state index contributed by atoms with van der Waals surface area (Å²) in [6.45, 7) is -0.878. The summed E-state index contributed by atoms with van der Waals surface area (Å²) in [6, 6.07) is 17.5. The Morgan fingerprint density at radius 2 is 1.72 bits per heavy atom. The normalized spacial score (nSPS) is 11.6. The van der Waals surface area contributed by atoms with E-state index in [-0.39, 0.29) is 17.1 Å². The van der Waals surface area contributed by atoms with Crippen LogP contribution in [0.2, 0.25) is 0 Å². The molecule has 2 aromatic carbocycles. The van der Waals surface area contributed by atoms with Gasteiger partial charge in [-0.05, 0) is 42.8 Å². The highest BCUT2D eigenvalue weighted by atomic mass is 32.2. The number of aryl methyl sites for hydroxylation is 1. The molecule has 0 fully saturated rings. The second-order valence-electron chi connectivity index (χ2n) is 7.15. The molecule has 0 aliphatic rings. The van der Waals surface area contributed by atoms with Crippen molar-refractivity contribution >= 4 is 33.7 Å². The standard InChI is InChI=1S/C23H17F2N5OS/c1-14-7-6-12-26-20(14)30-21(31)15-8-2-3-9-16(15)28-23(30)32-13-19-27-17-10-4-5-11-18(17)29(19)22(24)25/h2-12,22H,13H2,1H3. The molecule has 9 heteroatoms. The van der Waals surface area contributed by atoms with Crippen LogP contribution < -0.4 is 5.56 Å². The molecule has 5 aromatic rings. The molecule has 0 amide bonds. The van der Waals surface area contributed by atoms with Crippen molar-refractivity contribution in [3.05, 3.63) is 88.6 Å². The first-order valence-electron chi connectivity index (χ1n) is 9.85.